The lowest BCUT2D eigenvalue weighted by molar-refractivity contribution is -0.115. The van der Waals surface area contributed by atoms with Gasteiger partial charge in [-0.3, -0.25) is 4.79 Å². The van der Waals surface area contributed by atoms with E-state index in [0.29, 0.717) is 0 Å². The van der Waals surface area contributed by atoms with E-state index in [2.05, 4.69) is 15.5 Å². The van der Waals surface area contributed by atoms with Crippen LogP contribution in [0.3, 0.4) is 0 Å². The highest BCUT2D eigenvalue weighted by Gasteiger charge is 2.10. The molecule has 0 atom stereocenters. The predicted octanol–water partition coefficient (Wildman–Crippen LogP) is 3.24. The number of carbonyl (C=O) groups excluding carboxylic acids is 1. The largest absolute Gasteiger partial charge is 0.324 e. The van der Waals surface area contributed by atoms with Crippen LogP contribution in [0.25, 0.3) is 11.4 Å². The molecular formula is C20H17N5O. The van der Waals surface area contributed by atoms with Gasteiger partial charge in [0.25, 0.3) is 0 Å². The minimum atomic E-state index is -0.0998. The van der Waals surface area contributed by atoms with E-state index in [1.807, 2.05) is 73.1 Å². The van der Waals surface area contributed by atoms with Crippen molar-refractivity contribution in [3.63, 3.8) is 0 Å². The topological polar surface area (TPSA) is 64.7 Å². The maximum atomic E-state index is 12.5. The molecule has 2 aromatic heterocycles. The fourth-order valence-electron chi connectivity index (χ4n) is 2.74. The summed E-state index contributed by atoms with van der Waals surface area (Å²) >= 11 is 0. The Morgan fingerprint density at radius 1 is 0.923 bits per heavy atom. The Bertz CT molecular complexity index is 1010. The van der Waals surface area contributed by atoms with Crippen LogP contribution in [-0.4, -0.2) is 25.5 Å². The zero-order valence-electron chi connectivity index (χ0n) is 14.0. The average Bonchev–Trinajstić information content (AvgIpc) is 3.35. The van der Waals surface area contributed by atoms with Gasteiger partial charge in [0.05, 0.1) is 29.7 Å². The van der Waals surface area contributed by atoms with Gasteiger partial charge < -0.3 is 5.32 Å². The molecule has 0 spiro atoms. The summed E-state index contributed by atoms with van der Waals surface area (Å²) in [7, 11) is 0. The summed E-state index contributed by atoms with van der Waals surface area (Å²) in [6.07, 6.45) is 7.38. The molecule has 2 aromatic carbocycles. The lowest BCUT2D eigenvalue weighted by Crippen LogP contribution is -2.15. The van der Waals surface area contributed by atoms with E-state index in [1.54, 1.807) is 21.8 Å². The fourth-order valence-corrected chi connectivity index (χ4v) is 2.74. The van der Waals surface area contributed by atoms with Crippen LogP contribution in [0.5, 0.6) is 0 Å². The molecular weight excluding hydrogens is 326 g/mol. The number of nitrogens with zero attached hydrogens (tertiary/aromatic N) is 4. The first-order valence-electron chi connectivity index (χ1n) is 8.27. The zero-order chi connectivity index (χ0) is 17.8. The summed E-state index contributed by atoms with van der Waals surface area (Å²) < 4.78 is 3.49. The van der Waals surface area contributed by atoms with Crippen LogP contribution in [-0.2, 0) is 11.2 Å². The molecule has 0 unspecified atom stereocenters. The van der Waals surface area contributed by atoms with Crippen molar-refractivity contribution < 1.29 is 4.79 Å². The van der Waals surface area contributed by atoms with E-state index in [4.69, 9.17) is 0 Å². The van der Waals surface area contributed by atoms with Crippen molar-refractivity contribution in [3.8, 4) is 11.4 Å². The van der Waals surface area contributed by atoms with Gasteiger partial charge in [0.1, 0.15) is 0 Å². The van der Waals surface area contributed by atoms with E-state index in [-0.39, 0.29) is 12.3 Å². The van der Waals surface area contributed by atoms with Crippen molar-refractivity contribution in [1.29, 1.82) is 0 Å². The summed E-state index contributed by atoms with van der Waals surface area (Å²) in [5.41, 5.74) is 3.36. The van der Waals surface area contributed by atoms with Crippen LogP contribution in [0.15, 0.2) is 85.5 Å². The second-order valence-electron chi connectivity index (χ2n) is 5.82. The van der Waals surface area contributed by atoms with Crippen molar-refractivity contribution in [2.75, 3.05) is 5.32 Å². The smallest absolute Gasteiger partial charge is 0.228 e. The number of rotatable bonds is 5. The third kappa shape index (κ3) is 3.39. The number of aromatic nitrogens is 4. The summed E-state index contributed by atoms with van der Waals surface area (Å²) in [5.74, 6) is -0.0998. The maximum absolute atomic E-state index is 12.5. The Kier molecular flexibility index (Phi) is 4.30. The molecule has 0 saturated carbocycles. The van der Waals surface area contributed by atoms with Gasteiger partial charge >= 0.3 is 0 Å². The van der Waals surface area contributed by atoms with Crippen LogP contribution in [0.1, 0.15) is 5.56 Å². The second-order valence-corrected chi connectivity index (χ2v) is 5.82. The molecule has 128 valence electrons. The normalized spacial score (nSPS) is 10.6. The number of para-hydroxylation sites is 3. The Hall–Kier alpha value is -3.67. The molecule has 0 aliphatic carbocycles. The Balaban J connectivity index is 1.48. The molecule has 6 heteroatoms. The van der Waals surface area contributed by atoms with E-state index in [0.717, 1.165) is 22.6 Å². The van der Waals surface area contributed by atoms with Crippen LogP contribution < -0.4 is 5.32 Å². The maximum Gasteiger partial charge on any atom is 0.228 e. The van der Waals surface area contributed by atoms with Gasteiger partial charge in [0, 0.05) is 18.6 Å². The molecule has 1 amide bonds. The highest BCUT2D eigenvalue weighted by molar-refractivity contribution is 5.94. The lowest BCUT2D eigenvalue weighted by atomic mass is 10.2. The SMILES string of the molecule is O=C(Cc1cnn(-c2ccccc2)c1)Nc1ccccc1-n1cccn1. The molecule has 4 aromatic rings. The van der Waals surface area contributed by atoms with Crippen molar-refractivity contribution in [1.82, 2.24) is 19.6 Å². The average molecular weight is 343 g/mol. The molecule has 0 fully saturated rings. The quantitative estimate of drug-likeness (QED) is 0.605. The fraction of sp³-hybridized carbons (Fsp3) is 0.0500. The summed E-state index contributed by atoms with van der Waals surface area (Å²) in [6, 6.07) is 19.2. The molecule has 0 bridgehead atoms. The highest BCUT2D eigenvalue weighted by atomic mass is 16.1. The number of hydrogen-bond acceptors (Lipinski definition) is 3. The van der Waals surface area contributed by atoms with Crippen LogP contribution in [0, 0.1) is 0 Å². The van der Waals surface area contributed by atoms with Gasteiger partial charge in [-0.15, -0.1) is 0 Å². The number of benzene rings is 2. The lowest BCUT2D eigenvalue weighted by Gasteiger charge is -2.10. The van der Waals surface area contributed by atoms with Gasteiger partial charge in [-0.2, -0.15) is 10.2 Å². The van der Waals surface area contributed by atoms with E-state index >= 15 is 0 Å². The first-order chi connectivity index (χ1) is 12.8. The first-order valence-corrected chi connectivity index (χ1v) is 8.27. The zero-order valence-corrected chi connectivity index (χ0v) is 14.0. The Morgan fingerprint density at radius 3 is 2.54 bits per heavy atom. The van der Waals surface area contributed by atoms with Gasteiger partial charge in [-0.25, -0.2) is 9.36 Å². The first kappa shape index (κ1) is 15.8. The van der Waals surface area contributed by atoms with Crippen molar-refractivity contribution in [3.05, 3.63) is 91.0 Å². The van der Waals surface area contributed by atoms with E-state index < -0.39 is 0 Å². The van der Waals surface area contributed by atoms with Gasteiger partial charge in [0.2, 0.25) is 5.91 Å². The molecule has 0 saturated heterocycles. The summed E-state index contributed by atoms with van der Waals surface area (Å²) in [4.78, 5) is 12.5. The van der Waals surface area contributed by atoms with Gasteiger partial charge in [-0.05, 0) is 35.9 Å². The third-order valence-electron chi connectivity index (χ3n) is 3.95. The standard InChI is InChI=1S/C20H17N5O/c26-20(13-16-14-22-25(15-16)17-7-2-1-3-8-17)23-18-9-4-5-10-19(18)24-12-6-11-21-24/h1-12,14-15H,13H2,(H,23,26). The van der Waals surface area contributed by atoms with Gasteiger partial charge in [0.15, 0.2) is 0 Å². The minimum absolute atomic E-state index is 0.0998. The molecule has 0 aliphatic rings. The minimum Gasteiger partial charge on any atom is -0.324 e. The van der Waals surface area contributed by atoms with E-state index in [1.165, 1.54) is 0 Å². The molecule has 26 heavy (non-hydrogen) atoms. The summed E-state index contributed by atoms with van der Waals surface area (Å²) in [5, 5.41) is 11.5. The molecule has 1 N–H and O–H groups in total. The molecule has 0 aliphatic heterocycles. The molecule has 6 nitrogen and oxygen atoms in total. The van der Waals surface area contributed by atoms with Crippen molar-refractivity contribution in [2.45, 2.75) is 6.42 Å². The van der Waals surface area contributed by atoms with Crippen LogP contribution in [0.4, 0.5) is 5.69 Å². The predicted molar refractivity (Wildman–Crippen MR) is 99.5 cm³/mol. The molecule has 2 heterocycles. The Labute approximate surface area is 150 Å². The Morgan fingerprint density at radius 2 is 1.73 bits per heavy atom. The number of anilines is 1. The van der Waals surface area contributed by atoms with Crippen molar-refractivity contribution >= 4 is 11.6 Å². The van der Waals surface area contributed by atoms with Crippen molar-refractivity contribution in [2.24, 2.45) is 0 Å². The second kappa shape index (κ2) is 7.06. The molecule has 4 rings (SSSR count). The molecule has 0 radical (unpaired) electrons. The number of nitrogens with one attached hydrogen (secondary N) is 1. The number of hydrogen-bond donors (Lipinski definition) is 1. The van der Waals surface area contributed by atoms with Gasteiger partial charge in [-0.1, -0.05) is 30.3 Å². The monoisotopic (exact) mass is 343 g/mol. The summed E-state index contributed by atoms with van der Waals surface area (Å²) in [6.45, 7) is 0. The van der Waals surface area contributed by atoms with Crippen LogP contribution >= 0.6 is 0 Å². The third-order valence-corrected chi connectivity index (χ3v) is 3.95. The highest BCUT2D eigenvalue weighted by Crippen LogP contribution is 2.19. The van der Waals surface area contributed by atoms with Crippen LogP contribution in [0.2, 0.25) is 0 Å². The number of carbonyl (C=O) groups is 1. The number of amides is 1. The van der Waals surface area contributed by atoms with E-state index in [9.17, 15) is 4.79 Å².